The van der Waals surface area contributed by atoms with Gasteiger partial charge in [0.1, 0.15) is 19.0 Å². The molecule has 0 aliphatic heterocycles. The van der Waals surface area contributed by atoms with Gasteiger partial charge in [0.15, 0.2) is 11.5 Å². The first-order valence-electron chi connectivity index (χ1n) is 9.20. The second-order valence-electron chi connectivity index (χ2n) is 5.84. The number of ether oxygens (including phenoxy) is 3. The van der Waals surface area contributed by atoms with Gasteiger partial charge in [-0.05, 0) is 37.3 Å². The predicted molar refractivity (Wildman–Crippen MR) is 106 cm³/mol. The van der Waals surface area contributed by atoms with Crippen molar-refractivity contribution < 1.29 is 23.8 Å². The number of benzene rings is 2. The molecule has 0 unspecified atom stereocenters. The van der Waals surface area contributed by atoms with E-state index >= 15 is 0 Å². The van der Waals surface area contributed by atoms with Crippen LogP contribution in [-0.2, 0) is 4.79 Å². The third-order valence-electron chi connectivity index (χ3n) is 3.64. The van der Waals surface area contributed by atoms with E-state index in [1.54, 1.807) is 18.2 Å². The van der Waals surface area contributed by atoms with Gasteiger partial charge < -0.3 is 24.8 Å². The number of nitrogens with one attached hydrogen (secondary N) is 2. The van der Waals surface area contributed by atoms with Crippen molar-refractivity contribution in [2.24, 2.45) is 0 Å². The van der Waals surface area contributed by atoms with Crippen LogP contribution >= 0.6 is 0 Å². The maximum absolute atomic E-state index is 12.2. The van der Waals surface area contributed by atoms with Crippen LogP contribution in [0.25, 0.3) is 0 Å². The molecule has 2 rings (SSSR count). The summed E-state index contributed by atoms with van der Waals surface area (Å²) < 4.78 is 16.9. The number of hydrogen-bond acceptors (Lipinski definition) is 5. The van der Waals surface area contributed by atoms with E-state index in [1.165, 1.54) is 6.92 Å². The van der Waals surface area contributed by atoms with Gasteiger partial charge in [0.25, 0.3) is 5.91 Å². The molecule has 0 fully saturated rings. The molecule has 0 heterocycles. The lowest BCUT2D eigenvalue weighted by Crippen LogP contribution is -2.33. The predicted octanol–water partition coefficient (Wildman–Crippen LogP) is 2.41. The first kappa shape index (κ1) is 21.1. The van der Waals surface area contributed by atoms with Crippen LogP contribution in [0.5, 0.6) is 17.2 Å². The third kappa shape index (κ3) is 7.19. The van der Waals surface area contributed by atoms with Crippen molar-refractivity contribution in [3.05, 3.63) is 54.1 Å². The molecular formula is C21H26N2O5. The van der Waals surface area contributed by atoms with Crippen LogP contribution in [0.15, 0.2) is 48.5 Å². The highest BCUT2D eigenvalue weighted by atomic mass is 16.5. The highest BCUT2D eigenvalue weighted by Crippen LogP contribution is 2.28. The molecule has 7 heteroatoms. The van der Waals surface area contributed by atoms with Crippen LogP contribution < -0.4 is 24.8 Å². The Hall–Kier alpha value is -3.22. The second kappa shape index (κ2) is 11.5. The molecule has 0 radical (unpaired) electrons. The highest BCUT2D eigenvalue weighted by Gasteiger charge is 2.11. The van der Waals surface area contributed by atoms with Crippen LogP contribution in [0.4, 0.5) is 0 Å². The van der Waals surface area contributed by atoms with E-state index in [0.29, 0.717) is 50.0 Å². The van der Waals surface area contributed by atoms with E-state index in [-0.39, 0.29) is 11.8 Å². The molecule has 0 aromatic heterocycles. The molecule has 0 saturated carbocycles. The average Bonchev–Trinajstić information content (AvgIpc) is 2.70. The molecule has 7 nitrogen and oxygen atoms in total. The van der Waals surface area contributed by atoms with Crippen LogP contribution in [0.1, 0.15) is 24.2 Å². The molecule has 0 aliphatic carbocycles. The zero-order valence-corrected chi connectivity index (χ0v) is 16.2. The van der Waals surface area contributed by atoms with Gasteiger partial charge in [-0.15, -0.1) is 0 Å². The van der Waals surface area contributed by atoms with Crippen molar-refractivity contribution in [1.29, 1.82) is 0 Å². The van der Waals surface area contributed by atoms with Crippen LogP contribution in [-0.4, -0.2) is 44.7 Å². The molecule has 28 heavy (non-hydrogen) atoms. The normalized spacial score (nSPS) is 10.1. The number of para-hydroxylation sites is 1. The lowest BCUT2D eigenvalue weighted by atomic mass is 10.2. The summed E-state index contributed by atoms with van der Waals surface area (Å²) in [4.78, 5) is 23.1. The van der Waals surface area contributed by atoms with E-state index < -0.39 is 0 Å². The number of rotatable bonds is 11. The number of carbonyl (C=O) groups is 2. The number of carbonyl (C=O) groups excluding carboxylic acids is 2. The van der Waals surface area contributed by atoms with E-state index in [2.05, 4.69) is 10.6 Å². The van der Waals surface area contributed by atoms with Gasteiger partial charge in [0.05, 0.1) is 6.61 Å². The molecule has 2 amide bonds. The Morgan fingerprint density at radius 3 is 2.29 bits per heavy atom. The molecule has 2 N–H and O–H groups in total. The van der Waals surface area contributed by atoms with Gasteiger partial charge >= 0.3 is 0 Å². The van der Waals surface area contributed by atoms with Crippen LogP contribution in [0.3, 0.4) is 0 Å². The Kier molecular flexibility index (Phi) is 8.65. The zero-order chi connectivity index (χ0) is 20.2. The molecule has 0 atom stereocenters. The second-order valence-corrected chi connectivity index (χ2v) is 5.84. The monoisotopic (exact) mass is 386 g/mol. The average molecular weight is 386 g/mol. The standard InChI is InChI=1S/C21H26N2O5/c1-3-26-20-15-17(21(25)23-12-11-22-16(2)24)9-10-19(20)28-14-13-27-18-7-5-4-6-8-18/h4-10,15H,3,11-14H2,1-2H3,(H,22,24)(H,23,25). The van der Waals surface area contributed by atoms with Crippen molar-refractivity contribution in [2.45, 2.75) is 13.8 Å². The molecule has 0 aliphatic rings. The third-order valence-corrected chi connectivity index (χ3v) is 3.64. The minimum Gasteiger partial charge on any atom is -0.490 e. The summed E-state index contributed by atoms with van der Waals surface area (Å²) in [7, 11) is 0. The van der Waals surface area contributed by atoms with E-state index in [9.17, 15) is 9.59 Å². The largest absolute Gasteiger partial charge is 0.490 e. The molecule has 0 bridgehead atoms. The fourth-order valence-corrected chi connectivity index (χ4v) is 2.38. The minimum atomic E-state index is -0.245. The highest BCUT2D eigenvalue weighted by molar-refractivity contribution is 5.94. The van der Waals surface area contributed by atoms with Gasteiger partial charge in [0, 0.05) is 25.6 Å². The van der Waals surface area contributed by atoms with Crippen molar-refractivity contribution in [3.63, 3.8) is 0 Å². The number of amides is 2. The quantitative estimate of drug-likeness (QED) is 0.579. The molecule has 2 aromatic rings. The first-order chi connectivity index (χ1) is 13.6. The summed E-state index contributed by atoms with van der Waals surface area (Å²) in [6.45, 7) is 5.20. The number of hydrogen-bond donors (Lipinski definition) is 2. The topological polar surface area (TPSA) is 85.9 Å². The van der Waals surface area contributed by atoms with Gasteiger partial charge in [-0.1, -0.05) is 18.2 Å². The zero-order valence-electron chi connectivity index (χ0n) is 16.2. The Labute approximate surface area is 165 Å². The SMILES string of the molecule is CCOc1cc(C(=O)NCCNC(C)=O)ccc1OCCOc1ccccc1. The lowest BCUT2D eigenvalue weighted by Gasteiger charge is -2.14. The Morgan fingerprint density at radius 1 is 0.857 bits per heavy atom. The summed E-state index contributed by atoms with van der Waals surface area (Å²) >= 11 is 0. The van der Waals surface area contributed by atoms with Crippen molar-refractivity contribution in [2.75, 3.05) is 32.9 Å². The van der Waals surface area contributed by atoms with Crippen LogP contribution in [0, 0.1) is 0 Å². The Balaban J connectivity index is 1.88. The fourth-order valence-electron chi connectivity index (χ4n) is 2.38. The van der Waals surface area contributed by atoms with E-state index in [0.717, 1.165) is 5.75 Å². The van der Waals surface area contributed by atoms with Crippen molar-refractivity contribution in [3.8, 4) is 17.2 Å². The molecule has 0 saturated heterocycles. The van der Waals surface area contributed by atoms with Gasteiger partial charge in [-0.25, -0.2) is 0 Å². The van der Waals surface area contributed by atoms with E-state index in [4.69, 9.17) is 14.2 Å². The van der Waals surface area contributed by atoms with E-state index in [1.807, 2.05) is 37.3 Å². The Bertz CT molecular complexity index is 765. The summed E-state index contributed by atoms with van der Waals surface area (Å²) in [6, 6.07) is 14.5. The summed E-state index contributed by atoms with van der Waals surface area (Å²) in [6.07, 6.45) is 0. The molecule has 2 aromatic carbocycles. The van der Waals surface area contributed by atoms with Gasteiger partial charge in [-0.3, -0.25) is 9.59 Å². The molecular weight excluding hydrogens is 360 g/mol. The maximum atomic E-state index is 12.2. The molecule has 0 spiro atoms. The van der Waals surface area contributed by atoms with Crippen LogP contribution in [0.2, 0.25) is 0 Å². The molecule has 150 valence electrons. The minimum absolute atomic E-state index is 0.134. The fraction of sp³-hybridized carbons (Fsp3) is 0.333. The summed E-state index contributed by atoms with van der Waals surface area (Å²) in [5.74, 6) is 1.45. The first-order valence-corrected chi connectivity index (χ1v) is 9.20. The summed E-state index contributed by atoms with van der Waals surface area (Å²) in [5, 5.41) is 5.37. The van der Waals surface area contributed by atoms with Crippen molar-refractivity contribution >= 4 is 11.8 Å². The lowest BCUT2D eigenvalue weighted by molar-refractivity contribution is -0.118. The summed E-state index contributed by atoms with van der Waals surface area (Å²) in [5.41, 5.74) is 0.458. The maximum Gasteiger partial charge on any atom is 0.251 e. The van der Waals surface area contributed by atoms with Gasteiger partial charge in [-0.2, -0.15) is 0 Å². The van der Waals surface area contributed by atoms with Crippen molar-refractivity contribution in [1.82, 2.24) is 10.6 Å². The Morgan fingerprint density at radius 2 is 1.57 bits per heavy atom. The smallest absolute Gasteiger partial charge is 0.251 e. The van der Waals surface area contributed by atoms with Gasteiger partial charge in [0.2, 0.25) is 5.91 Å².